The van der Waals surface area contributed by atoms with Gasteiger partial charge in [0.05, 0.1) is 0 Å². The Balaban J connectivity index is 0.982. The van der Waals surface area contributed by atoms with Crippen LogP contribution in [0.3, 0.4) is 0 Å². The molecule has 1 aliphatic carbocycles. The second kappa shape index (κ2) is 12.3. The van der Waals surface area contributed by atoms with Crippen molar-refractivity contribution in [1.29, 1.82) is 0 Å². The smallest absolute Gasteiger partial charge is 0.143 e. The van der Waals surface area contributed by atoms with Crippen LogP contribution < -0.4 is 0 Å². The summed E-state index contributed by atoms with van der Waals surface area (Å²) in [5.74, 6) is 0. The van der Waals surface area contributed by atoms with Crippen molar-refractivity contribution < 1.29 is 4.42 Å². The van der Waals surface area contributed by atoms with Crippen molar-refractivity contribution in [1.82, 2.24) is 0 Å². The van der Waals surface area contributed by atoms with Crippen LogP contribution in [0, 0.1) is 0 Å². The van der Waals surface area contributed by atoms with Gasteiger partial charge in [0.1, 0.15) is 11.2 Å². The van der Waals surface area contributed by atoms with Gasteiger partial charge in [0.25, 0.3) is 0 Å². The van der Waals surface area contributed by atoms with Gasteiger partial charge in [-0.25, -0.2) is 0 Å². The van der Waals surface area contributed by atoms with E-state index in [4.69, 9.17) is 4.42 Å². The number of rotatable bonds is 3. The number of hydrogen-bond acceptors (Lipinski definition) is 1. The fourth-order valence-corrected chi connectivity index (χ4v) is 10.7. The van der Waals surface area contributed by atoms with Gasteiger partial charge in [-0.15, -0.1) is 0 Å². The second-order valence-corrected chi connectivity index (χ2v) is 17.2. The zero-order valence-electron chi connectivity index (χ0n) is 33.4. The van der Waals surface area contributed by atoms with E-state index >= 15 is 0 Å². The van der Waals surface area contributed by atoms with E-state index < -0.39 is 0 Å². The molecule has 1 heteroatoms. The molecule has 12 aromatic rings. The van der Waals surface area contributed by atoms with E-state index in [9.17, 15) is 0 Å². The van der Waals surface area contributed by atoms with Crippen LogP contribution in [-0.4, -0.2) is 0 Å². The molecule has 0 unspecified atom stereocenters. The topological polar surface area (TPSA) is 13.1 Å². The highest BCUT2D eigenvalue weighted by molar-refractivity contribution is 6.24. The Bertz CT molecular complexity index is 3750. The minimum atomic E-state index is -0.227. The van der Waals surface area contributed by atoms with E-state index in [-0.39, 0.29) is 5.41 Å². The third-order valence-electron chi connectivity index (χ3n) is 13.6. The Morgan fingerprint density at radius 1 is 0.333 bits per heavy atom. The number of hydrogen-bond donors (Lipinski definition) is 0. The zero-order chi connectivity index (χ0) is 39.7. The molecular formula is C59H38O. The van der Waals surface area contributed by atoms with Gasteiger partial charge < -0.3 is 4.42 Å². The molecule has 11 aromatic carbocycles. The summed E-state index contributed by atoms with van der Waals surface area (Å²) in [6.07, 6.45) is 0. The molecule has 13 rings (SSSR count). The van der Waals surface area contributed by atoms with Crippen LogP contribution >= 0.6 is 0 Å². The van der Waals surface area contributed by atoms with Gasteiger partial charge in [-0.3, -0.25) is 0 Å². The molecule has 0 atom stereocenters. The minimum Gasteiger partial charge on any atom is -0.455 e. The summed E-state index contributed by atoms with van der Waals surface area (Å²) in [7, 11) is 0. The van der Waals surface area contributed by atoms with Gasteiger partial charge in [-0.1, -0.05) is 172 Å². The van der Waals surface area contributed by atoms with E-state index in [0.717, 1.165) is 22.1 Å². The maximum atomic E-state index is 6.88. The van der Waals surface area contributed by atoms with E-state index in [1.54, 1.807) is 0 Å². The highest BCUT2D eigenvalue weighted by Gasteiger charge is 2.36. The molecule has 1 aliphatic rings. The van der Waals surface area contributed by atoms with Crippen LogP contribution in [0.2, 0.25) is 0 Å². The third kappa shape index (κ3) is 4.69. The summed E-state index contributed by atoms with van der Waals surface area (Å²) in [5, 5.41) is 14.8. The van der Waals surface area contributed by atoms with Crippen LogP contribution in [0.15, 0.2) is 199 Å². The molecule has 1 heterocycles. The maximum absolute atomic E-state index is 6.88. The lowest BCUT2D eigenvalue weighted by molar-refractivity contribution is 0.660. The van der Waals surface area contributed by atoms with E-state index in [1.807, 2.05) is 0 Å². The maximum Gasteiger partial charge on any atom is 0.143 e. The van der Waals surface area contributed by atoms with Crippen molar-refractivity contribution in [3.8, 4) is 44.5 Å². The molecule has 0 bridgehead atoms. The average molecular weight is 763 g/mol. The van der Waals surface area contributed by atoms with Crippen LogP contribution in [0.1, 0.15) is 25.0 Å². The highest BCUT2D eigenvalue weighted by Crippen LogP contribution is 2.53. The molecule has 1 aromatic heterocycles. The highest BCUT2D eigenvalue weighted by atomic mass is 16.3. The fraction of sp³-hybridized carbons (Fsp3) is 0.0508. The summed E-state index contributed by atoms with van der Waals surface area (Å²) in [6.45, 7) is 4.79. The first-order chi connectivity index (χ1) is 29.5. The Morgan fingerprint density at radius 2 is 0.800 bits per heavy atom. The van der Waals surface area contributed by atoms with Crippen LogP contribution in [-0.2, 0) is 5.41 Å². The van der Waals surface area contributed by atoms with E-state index in [0.29, 0.717) is 0 Å². The zero-order valence-corrected chi connectivity index (χ0v) is 33.4. The molecule has 0 aliphatic heterocycles. The molecule has 1 nitrogen and oxygen atoms in total. The van der Waals surface area contributed by atoms with Gasteiger partial charge in [-0.05, 0) is 140 Å². The van der Waals surface area contributed by atoms with Gasteiger partial charge in [0.15, 0.2) is 0 Å². The lowest BCUT2D eigenvalue weighted by atomic mass is 9.80. The molecule has 60 heavy (non-hydrogen) atoms. The number of furan rings is 1. The largest absolute Gasteiger partial charge is 0.455 e. The van der Waals surface area contributed by atoms with Gasteiger partial charge in [0, 0.05) is 21.8 Å². The molecule has 0 N–H and O–H groups in total. The van der Waals surface area contributed by atoms with Crippen molar-refractivity contribution in [3.05, 3.63) is 205 Å². The van der Waals surface area contributed by atoms with Crippen LogP contribution in [0.25, 0.3) is 120 Å². The lowest BCUT2D eigenvalue weighted by Gasteiger charge is -2.23. The normalized spacial score (nSPS) is 13.3. The Hall–Kier alpha value is -7.48. The Labute approximate surface area is 347 Å². The van der Waals surface area contributed by atoms with Crippen molar-refractivity contribution >= 4 is 75.8 Å². The lowest BCUT2D eigenvalue weighted by Crippen LogP contribution is -2.15. The van der Waals surface area contributed by atoms with E-state index in [1.165, 1.54) is 109 Å². The molecule has 0 spiro atoms. The van der Waals surface area contributed by atoms with Crippen molar-refractivity contribution in [2.75, 3.05) is 0 Å². The molecular weight excluding hydrogens is 725 g/mol. The Morgan fingerprint density at radius 3 is 1.43 bits per heavy atom. The number of benzene rings is 11. The van der Waals surface area contributed by atoms with Crippen LogP contribution in [0.4, 0.5) is 0 Å². The monoisotopic (exact) mass is 762 g/mol. The summed E-state index contributed by atoms with van der Waals surface area (Å²) >= 11 is 0. The summed E-state index contributed by atoms with van der Waals surface area (Å²) in [4.78, 5) is 0. The summed E-state index contributed by atoms with van der Waals surface area (Å²) in [6, 6.07) is 71.9. The summed E-state index contributed by atoms with van der Waals surface area (Å²) in [5.41, 5.74) is 14.3. The molecule has 280 valence electrons. The van der Waals surface area contributed by atoms with Crippen LogP contribution in [0.5, 0.6) is 0 Å². The average Bonchev–Trinajstić information content (AvgIpc) is 3.77. The van der Waals surface area contributed by atoms with Crippen molar-refractivity contribution in [2.45, 2.75) is 19.3 Å². The van der Waals surface area contributed by atoms with Gasteiger partial charge >= 0.3 is 0 Å². The van der Waals surface area contributed by atoms with Gasteiger partial charge in [0.2, 0.25) is 0 Å². The third-order valence-corrected chi connectivity index (χ3v) is 13.6. The van der Waals surface area contributed by atoms with Crippen molar-refractivity contribution in [2.24, 2.45) is 0 Å². The molecule has 0 saturated carbocycles. The molecule has 0 fully saturated rings. The predicted molar refractivity (Wildman–Crippen MR) is 255 cm³/mol. The molecule has 0 saturated heterocycles. The number of fused-ring (bicyclic) bond motifs is 12. The van der Waals surface area contributed by atoms with E-state index in [2.05, 4.69) is 208 Å². The molecule has 0 radical (unpaired) electrons. The quantitative estimate of drug-likeness (QED) is 0.163. The second-order valence-electron chi connectivity index (χ2n) is 17.2. The first-order valence-electron chi connectivity index (χ1n) is 21.0. The first kappa shape index (κ1) is 33.5. The molecule has 0 amide bonds. The van der Waals surface area contributed by atoms with Crippen molar-refractivity contribution in [3.63, 3.8) is 0 Å². The Kier molecular flexibility index (Phi) is 6.85. The SMILES string of the molecule is CC1(C)c2cc(-c3c4ccccc4c(-c4ccc5ccccc5c4)c4ccccc34)ccc2-c2ccc(-c3cc4ccccc4c4c3oc3cc5ccccc5cc34)cc21. The fourth-order valence-electron chi connectivity index (χ4n) is 10.7. The predicted octanol–water partition coefficient (Wildman–Crippen LogP) is 16.7. The van der Waals surface area contributed by atoms with Gasteiger partial charge in [-0.2, -0.15) is 0 Å². The summed E-state index contributed by atoms with van der Waals surface area (Å²) < 4.78 is 6.88. The standard InChI is InChI=1S/C59H38O/c1-59(2)52-32-40(50-31-39-17-7-8-18-43(39)57-51-30-37-15-5-6-16-38(37)34-54(51)60-58(50)57)25-27-44(52)45-28-26-42(33-53(45)59)56-48-21-11-9-19-46(48)55(47-20-10-12-22-49(47)56)41-24-23-35-13-3-4-14-36(35)29-41/h3-34H,1-2H3. The minimum absolute atomic E-state index is 0.227. The first-order valence-corrected chi connectivity index (χ1v) is 21.0.